The average Bonchev–Trinajstić information content (AvgIpc) is 0.632. The number of benzene rings is 3. The minimum absolute atomic E-state index is 0.0248. The van der Waals surface area contributed by atoms with Gasteiger partial charge in [0.25, 0.3) is 0 Å². The van der Waals surface area contributed by atoms with Crippen molar-refractivity contribution in [2.75, 3.05) is 81.7 Å². The highest BCUT2D eigenvalue weighted by Gasteiger charge is 2.45. The maximum absolute atomic E-state index is 12.9. The highest BCUT2D eigenvalue weighted by molar-refractivity contribution is 5.77. The molecule has 504 valence electrons. The smallest absolute Gasteiger partial charge is 0.323 e. The molecule has 3 aromatic carbocycles. The number of carbonyl (C=O) groups is 3. The monoisotopic (exact) mass is 1270 g/mol. The van der Waals surface area contributed by atoms with Crippen LogP contribution in [0, 0.1) is 53.3 Å². The first-order chi connectivity index (χ1) is 49.5. The van der Waals surface area contributed by atoms with E-state index in [0.29, 0.717) is 47.6 Å². The fraction of sp³-hybridized carbons (Fsp3) is 0.708. The zero-order valence-electron chi connectivity index (χ0n) is 74.0. The Morgan fingerprint density at radius 2 is 0.789 bits per heavy atom. The number of aryl methyl sites for hydroxylation is 3. The van der Waals surface area contributed by atoms with Gasteiger partial charge in [-0.2, -0.15) is 0 Å². The first-order valence-corrected chi connectivity index (χ1v) is 31.7. The molecule has 0 bridgehead atoms. The van der Waals surface area contributed by atoms with Crippen LogP contribution in [0.4, 0.5) is 0 Å². The van der Waals surface area contributed by atoms with E-state index in [4.69, 9.17) is 80.4 Å². The van der Waals surface area contributed by atoms with Gasteiger partial charge in [-0.3, -0.25) is 29.1 Å². The molecule has 0 saturated carbocycles. The Labute approximate surface area is 564 Å². The van der Waals surface area contributed by atoms with Crippen molar-refractivity contribution in [2.45, 2.75) is 195 Å². The first-order valence-electron chi connectivity index (χ1n) is 40.7. The maximum atomic E-state index is 12.9. The van der Waals surface area contributed by atoms with Gasteiger partial charge < -0.3 is 59.8 Å². The number of rotatable bonds is 21. The van der Waals surface area contributed by atoms with E-state index in [-0.39, 0.29) is 120 Å². The van der Waals surface area contributed by atoms with Crippen LogP contribution in [0.1, 0.15) is 198 Å². The van der Waals surface area contributed by atoms with E-state index in [1.165, 1.54) is 68.4 Å². The summed E-state index contributed by atoms with van der Waals surface area (Å²) in [6.45, 7) is 15.4. The number of ether oxygens (including phenoxy) is 9. The topological polar surface area (TPSA) is 222 Å². The van der Waals surface area contributed by atoms with Crippen molar-refractivity contribution in [1.29, 1.82) is 0 Å². The molecule has 18 heteroatoms. The highest BCUT2D eigenvalue weighted by atomic mass is 16.6. The van der Waals surface area contributed by atoms with Crippen molar-refractivity contribution >= 4 is 17.9 Å². The van der Waals surface area contributed by atoms with Crippen molar-refractivity contribution in [2.24, 2.45) is 70.5 Å². The number of nitrogens with two attached hydrogens (primary N) is 3. The van der Waals surface area contributed by atoms with Crippen molar-refractivity contribution in [3.63, 3.8) is 0 Å². The molecule has 9 rings (SSSR count). The zero-order chi connectivity index (χ0) is 82.0. The second-order valence-corrected chi connectivity index (χ2v) is 26.6. The molecule has 9 unspecified atom stereocenters. The summed E-state index contributed by atoms with van der Waals surface area (Å²) < 4.78 is 206. The van der Waals surface area contributed by atoms with Crippen molar-refractivity contribution in [3.8, 4) is 34.5 Å². The summed E-state index contributed by atoms with van der Waals surface area (Å²) in [5, 5.41) is 0. The lowest BCUT2D eigenvalue weighted by Crippen LogP contribution is -2.51. The summed E-state index contributed by atoms with van der Waals surface area (Å²) in [6, 6.07) is 2.73. The molecule has 6 N–H and O–H groups in total. The van der Waals surface area contributed by atoms with Gasteiger partial charge in [-0.15, -0.1) is 0 Å². The van der Waals surface area contributed by atoms with Crippen LogP contribution in [0.2, 0.25) is 0 Å². The highest BCUT2D eigenvalue weighted by Crippen LogP contribution is 2.48. The minimum Gasteiger partial charge on any atom is -0.493 e. The van der Waals surface area contributed by atoms with E-state index in [1.54, 1.807) is 26.0 Å². The van der Waals surface area contributed by atoms with E-state index in [1.807, 2.05) is 69.2 Å². The molecule has 6 heterocycles. The number of hydrogen-bond acceptors (Lipinski definition) is 18. The van der Waals surface area contributed by atoms with Crippen LogP contribution in [0.25, 0.3) is 0 Å². The number of piperidine rings is 3. The second kappa shape index (κ2) is 32.5. The van der Waals surface area contributed by atoms with Gasteiger partial charge in [-0.25, -0.2) is 0 Å². The predicted octanol–water partition coefficient (Wildman–Crippen LogP) is 10.7. The molecule has 0 aliphatic carbocycles. The fourth-order valence-corrected chi connectivity index (χ4v) is 12.3. The van der Waals surface area contributed by atoms with Crippen LogP contribution in [0.3, 0.4) is 0 Å². The van der Waals surface area contributed by atoms with Crippen LogP contribution in [0.5, 0.6) is 34.5 Å². The molecule has 18 nitrogen and oxygen atoms in total. The largest absolute Gasteiger partial charge is 0.493 e. The molecule has 0 aromatic heterocycles. The van der Waals surface area contributed by atoms with Crippen LogP contribution in [0.15, 0.2) is 36.4 Å². The Morgan fingerprint density at radius 3 is 1.16 bits per heavy atom. The van der Waals surface area contributed by atoms with Gasteiger partial charge in [0.15, 0.2) is 34.5 Å². The second-order valence-electron chi connectivity index (χ2n) is 26.6. The molecule has 0 radical (unpaired) electrons. The maximum Gasteiger partial charge on any atom is 0.323 e. The van der Waals surface area contributed by atoms with E-state index in [0.717, 1.165) is 6.07 Å². The van der Waals surface area contributed by atoms with E-state index >= 15 is 0 Å². The van der Waals surface area contributed by atoms with Crippen LogP contribution in [-0.4, -0.2) is 151 Å². The third kappa shape index (κ3) is 17.5. The third-order valence-electron chi connectivity index (χ3n) is 17.5. The van der Waals surface area contributed by atoms with Gasteiger partial charge in [0, 0.05) is 111 Å². The van der Waals surface area contributed by atoms with Gasteiger partial charge in [0.05, 0.1) is 50.8 Å². The summed E-state index contributed by atoms with van der Waals surface area (Å²) >= 11 is 0. The molecular formula is C72H114N6O12. The molecule has 3 saturated heterocycles. The van der Waals surface area contributed by atoms with Crippen molar-refractivity contribution in [3.05, 3.63) is 69.8 Å². The number of carbonyl (C=O) groups excluding carboxylic acids is 3. The quantitative estimate of drug-likeness (QED) is 0.0666. The Bertz CT molecular complexity index is 3700. The molecule has 0 amide bonds. The summed E-state index contributed by atoms with van der Waals surface area (Å²) in [7, 11) is 4.25. The first kappa shape index (κ1) is 50.2. The Balaban J connectivity index is 0.000000226. The summed E-state index contributed by atoms with van der Waals surface area (Å²) in [5.41, 5.74) is 19.2. The number of esters is 3. The standard InChI is InChI=1S/3C24H38N2O4/c3*1-14(2)9-17-13-26-8-7-16-10-21(28-5)22(29-6)11-18(16)19(26)12-20(17)30-24(27)23(25)15(3)4/h3*10-11,14-15,17,19-20,23H,7-9,12-13,25H2,1-6H3/t3*17?,19?,20?,23-/m000/s1/i5D3,7D2,8D2,20D;7D2,8D2,20D;7D2,8D2,19D. The normalized spacial score (nSPS) is 33.8. The van der Waals surface area contributed by atoms with Gasteiger partial charge in [-0.1, -0.05) is 83.1 Å². The van der Waals surface area contributed by atoms with Crippen molar-refractivity contribution < 1.29 is 81.7 Å². The van der Waals surface area contributed by atoms with Gasteiger partial charge in [-0.05, 0) is 144 Å². The number of hydrogen-bond donors (Lipinski definition) is 3. The molecule has 6 aliphatic heterocycles. The van der Waals surface area contributed by atoms with Crippen molar-refractivity contribution in [1.82, 2.24) is 14.7 Å². The molecule has 6 aliphatic rings. The summed E-state index contributed by atoms with van der Waals surface area (Å²) in [6.07, 6.45) is -10.1. The third-order valence-corrected chi connectivity index (χ3v) is 17.5. The molecule has 12 atom stereocenters. The lowest BCUT2D eigenvalue weighted by Gasteiger charge is -2.47. The minimum atomic E-state index is -2.84. The van der Waals surface area contributed by atoms with Gasteiger partial charge >= 0.3 is 17.9 Å². The Hall–Kier alpha value is -5.37. The van der Waals surface area contributed by atoms with E-state index in [9.17, 15) is 18.5 Å². The molecule has 0 spiro atoms. The molecular weight excluding hydrogens is 1140 g/mol. The van der Waals surface area contributed by atoms with Crippen LogP contribution < -0.4 is 45.6 Å². The number of methoxy groups -OCH3 is 6. The Kier molecular flexibility index (Phi) is 18.1. The van der Waals surface area contributed by atoms with Crippen LogP contribution in [-0.2, 0) is 47.7 Å². The van der Waals surface area contributed by atoms with E-state index < -0.39 is 130 Å². The lowest BCUT2D eigenvalue weighted by molar-refractivity contribution is -0.161. The number of nitrogens with zero attached hydrogens (tertiary/aromatic N) is 3. The Morgan fingerprint density at radius 1 is 0.467 bits per heavy atom. The van der Waals surface area contributed by atoms with Gasteiger partial charge in [0.2, 0.25) is 0 Å². The number of fused-ring (bicyclic) bond motifs is 9. The predicted molar refractivity (Wildman–Crippen MR) is 353 cm³/mol. The van der Waals surface area contributed by atoms with Gasteiger partial charge in [0.1, 0.15) is 36.4 Å². The molecule has 3 fully saturated rings. The van der Waals surface area contributed by atoms with E-state index in [2.05, 4.69) is 0 Å². The SMILES string of the molecule is [2H]C([2H])([2H])Oc1cc2c(cc1OC)C1CC([2H])(OC(=O)[C@@H](N)C(C)C)C(CC(C)C)CN1C([2H])([2H])C2([2H])[2H].[2H]C1(OC(=O)[C@@H](N)C(C)C)CC2c3cc(OC)c(OC)cc3C([2H])([2H])C([2H])([2H])N2CC1CC(C)C.[2H]C12CC(OC(=O)[C@@H](N)C(C)C)C(CC(C)C)CN1C([2H])([2H])C([2H])([2H])c1cc(OC)c(OC)cc12. The molecule has 90 heavy (non-hydrogen) atoms. The molecule has 3 aromatic rings. The van der Waals surface area contributed by atoms with Crippen LogP contribution >= 0.6 is 0 Å². The average molecular weight is 1270 g/mol. The fourth-order valence-electron chi connectivity index (χ4n) is 12.3. The summed E-state index contributed by atoms with van der Waals surface area (Å²) in [4.78, 5) is 42.7. The lowest BCUT2D eigenvalue weighted by atomic mass is 9.79. The zero-order valence-corrected chi connectivity index (χ0v) is 56.0. The summed E-state index contributed by atoms with van der Waals surface area (Å²) in [5.74, 6) is -2.37.